The van der Waals surface area contributed by atoms with E-state index in [4.69, 9.17) is 0 Å². The summed E-state index contributed by atoms with van der Waals surface area (Å²) in [5, 5.41) is 12.8. The maximum absolute atomic E-state index is 13.3. The van der Waals surface area contributed by atoms with Gasteiger partial charge in [0.2, 0.25) is 11.8 Å². The number of nitrogens with zero attached hydrogens (tertiary/aromatic N) is 1. The van der Waals surface area contributed by atoms with Crippen LogP contribution < -0.4 is 5.32 Å². The summed E-state index contributed by atoms with van der Waals surface area (Å²) in [4.78, 5) is 39.5. The first-order valence-electron chi connectivity index (χ1n) is 11.7. The molecular weight excluding hydrogens is 416 g/mol. The van der Waals surface area contributed by atoms with Crippen molar-refractivity contribution in [3.8, 4) is 11.1 Å². The molecule has 2 aliphatic rings. The third-order valence-electron chi connectivity index (χ3n) is 6.62. The molecule has 6 nitrogen and oxygen atoms in total. The molecule has 4 atom stereocenters. The van der Waals surface area contributed by atoms with Crippen LogP contribution in [0.5, 0.6) is 0 Å². The number of aliphatic carboxylic acids is 1. The summed E-state index contributed by atoms with van der Waals surface area (Å²) >= 11 is 0. The molecule has 0 radical (unpaired) electrons. The molecule has 0 spiro atoms. The van der Waals surface area contributed by atoms with E-state index in [1.165, 1.54) is 4.90 Å². The summed E-state index contributed by atoms with van der Waals surface area (Å²) in [7, 11) is 0. The van der Waals surface area contributed by atoms with Gasteiger partial charge >= 0.3 is 5.97 Å². The fraction of sp³-hybridized carbons (Fsp3) is 0.370. The first-order valence-corrected chi connectivity index (χ1v) is 11.7. The lowest BCUT2D eigenvalue weighted by Gasteiger charge is -2.21. The van der Waals surface area contributed by atoms with Gasteiger partial charge in [-0.25, -0.2) is 0 Å². The van der Waals surface area contributed by atoms with Gasteiger partial charge in [0, 0.05) is 12.6 Å². The van der Waals surface area contributed by atoms with Crippen molar-refractivity contribution in [3.05, 3.63) is 72.3 Å². The third-order valence-corrected chi connectivity index (χ3v) is 6.62. The van der Waals surface area contributed by atoms with E-state index in [1.807, 2.05) is 60.7 Å². The maximum atomic E-state index is 13.3. The van der Waals surface area contributed by atoms with E-state index in [2.05, 4.69) is 18.3 Å². The second-order valence-electron chi connectivity index (χ2n) is 8.73. The highest BCUT2D eigenvalue weighted by molar-refractivity contribution is 6.08. The van der Waals surface area contributed by atoms with E-state index in [0.29, 0.717) is 13.0 Å². The average Bonchev–Trinajstić information content (AvgIpc) is 3.34. The van der Waals surface area contributed by atoms with Gasteiger partial charge in [0.1, 0.15) is 6.04 Å². The molecule has 6 heteroatoms. The molecule has 2 aromatic rings. The number of imide groups is 1. The van der Waals surface area contributed by atoms with Crippen molar-refractivity contribution in [2.75, 3.05) is 6.54 Å². The number of benzene rings is 2. The molecule has 33 heavy (non-hydrogen) atoms. The highest BCUT2D eigenvalue weighted by Gasteiger charge is 2.60. The molecule has 2 fully saturated rings. The molecule has 0 aliphatic carbocycles. The molecule has 2 heterocycles. The minimum absolute atomic E-state index is 0.277. The SMILES string of the molecule is CCCCC=CCCN1C(=O)C2C(C(=O)O)NC(c3ccc(-c4ccccc4)cc3)C2C1=O. The van der Waals surface area contributed by atoms with Crippen molar-refractivity contribution in [1.29, 1.82) is 0 Å². The smallest absolute Gasteiger partial charge is 0.321 e. The van der Waals surface area contributed by atoms with Gasteiger partial charge < -0.3 is 5.11 Å². The van der Waals surface area contributed by atoms with Crippen LogP contribution in [0.2, 0.25) is 0 Å². The van der Waals surface area contributed by atoms with Crippen molar-refractivity contribution in [2.24, 2.45) is 11.8 Å². The molecule has 2 aromatic carbocycles. The fourth-order valence-corrected chi connectivity index (χ4v) is 4.90. The Morgan fingerprint density at radius 3 is 2.24 bits per heavy atom. The quantitative estimate of drug-likeness (QED) is 0.343. The Kier molecular flexibility index (Phi) is 7.04. The number of hydrogen-bond acceptors (Lipinski definition) is 4. The molecule has 2 amide bonds. The highest BCUT2D eigenvalue weighted by atomic mass is 16.4. The summed E-state index contributed by atoms with van der Waals surface area (Å²) in [5.74, 6) is -3.34. The largest absolute Gasteiger partial charge is 0.480 e. The standard InChI is InChI=1S/C27H30N2O4/c1-2-3-4-5-6-10-17-29-25(30)21-22(26(29)31)24(27(32)33)28-23(21)20-15-13-19(14-16-20)18-11-8-7-9-12-18/h5-9,11-16,21-24,28H,2-4,10,17H2,1H3,(H,32,33). The van der Waals surface area contributed by atoms with Gasteiger partial charge in [0.15, 0.2) is 0 Å². The van der Waals surface area contributed by atoms with Crippen molar-refractivity contribution in [2.45, 2.75) is 44.7 Å². The molecule has 2 aliphatic heterocycles. The fourth-order valence-electron chi connectivity index (χ4n) is 4.90. The Balaban J connectivity index is 1.53. The average molecular weight is 447 g/mol. The van der Waals surface area contributed by atoms with Crippen LogP contribution in [0, 0.1) is 11.8 Å². The van der Waals surface area contributed by atoms with Crippen LogP contribution in [0.15, 0.2) is 66.7 Å². The topological polar surface area (TPSA) is 86.7 Å². The number of allylic oxidation sites excluding steroid dienone is 1. The second-order valence-corrected chi connectivity index (χ2v) is 8.73. The molecule has 172 valence electrons. The van der Waals surface area contributed by atoms with Crippen LogP contribution in [0.3, 0.4) is 0 Å². The summed E-state index contributed by atoms with van der Waals surface area (Å²) in [6, 6.07) is 16.1. The number of hydrogen-bond donors (Lipinski definition) is 2. The number of likely N-dealkylation sites (tertiary alicyclic amines) is 1. The Bertz CT molecular complexity index is 1030. The molecule has 0 bridgehead atoms. The van der Waals surface area contributed by atoms with Crippen LogP contribution in [-0.4, -0.2) is 40.4 Å². The number of fused-ring (bicyclic) bond motifs is 1. The van der Waals surface area contributed by atoms with Gasteiger partial charge in [-0.1, -0.05) is 86.5 Å². The van der Waals surface area contributed by atoms with Gasteiger partial charge in [-0.05, 0) is 29.5 Å². The number of carboxylic acid groups (broad SMARTS) is 1. The zero-order valence-electron chi connectivity index (χ0n) is 18.8. The van der Waals surface area contributed by atoms with Gasteiger partial charge in [-0.3, -0.25) is 24.6 Å². The lowest BCUT2D eigenvalue weighted by Crippen LogP contribution is -2.43. The monoisotopic (exact) mass is 446 g/mol. The van der Waals surface area contributed by atoms with E-state index >= 15 is 0 Å². The summed E-state index contributed by atoms with van der Waals surface area (Å²) < 4.78 is 0. The minimum Gasteiger partial charge on any atom is -0.480 e. The zero-order valence-corrected chi connectivity index (χ0v) is 18.8. The molecular formula is C27H30N2O4. The second kappa shape index (κ2) is 10.1. The van der Waals surface area contributed by atoms with Gasteiger partial charge in [0.25, 0.3) is 0 Å². The van der Waals surface area contributed by atoms with Crippen LogP contribution in [0.25, 0.3) is 11.1 Å². The first kappa shape index (κ1) is 22.9. The Morgan fingerprint density at radius 2 is 1.58 bits per heavy atom. The molecule has 0 aromatic heterocycles. The van der Waals surface area contributed by atoms with E-state index < -0.39 is 29.9 Å². The zero-order chi connectivity index (χ0) is 23.4. The third kappa shape index (κ3) is 4.62. The molecule has 4 unspecified atom stereocenters. The molecule has 2 N–H and O–H groups in total. The predicted molar refractivity (Wildman–Crippen MR) is 126 cm³/mol. The van der Waals surface area contributed by atoms with E-state index in [0.717, 1.165) is 36.0 Å². The van der Waals surface area contributed by atoms with Gasteiger partial charge in [-0.2, -0.15) is 0 Å². The van der Waals surface area contributed by atoms with Crippen LogP contribution in [-0.2, 0) is 14.4 Å². The van der Waals surface area contributed by atoms with Crippen molar-refractivity contribution in [3.63, 3.8) is 0 Å². The van der Waals surface area contributed by atoms with Crippen molar-refractivity contribution >= 4 is 17.8 Å². The summed E-state index contributed by atoms with van der Waals surface area (Å²) in [6.45, 7) is 2.42. The van der Waals surface area contributed by atoms with Crippen LogP contribution >= 0.6 is 0 Å². The summed E-state index contributed by atoms with van der Waals surface area (Å²) in [5.41, 5.74) is 2.93. The normalized spacial score (nSPS) is 24.6. The number of carbonyl (C=O) groups is 3. The number of carboxylic acids is 1. The minimum atomic E-state index is -1.10. The van der Waals surface area contributed by atoms with Gasteiger partial charge in [-0.15, -0.1) is 0 Å². The number of rotatable bonds is 9. The number of amides is 2. The first-order chi connectivity index (χ1) is 16.0. The molecule has 2 saturated heterocycles. The lowest BCUT2D eigenvalue weighted by molar-refractivity contribution is -0.146. The van der Waals surface area contributed by atoms with E-state index in [9.17, 15) is 19.5 Å². The van der Waals surface area contributed by atoms with Gasteiger partial charge in [0.05, 0.1) is 11.8 Å². The predicted octanol–water partition coefficient (Wildman–Crippen LogP) is 4.19. The lowest BCUT2D eigenvalue weighted by atomic mass is 9.86. The van der Waals surface area contributed by atoms with Crippen molar-refractivity contribution < 1.29 is 19.5 Å². The molecule has 0 saturated carbocycles. The highest BCUT2D eigenvalue weighted by Crippen LogP contribution is 2.44. The number of unbranched alkanes of at least 4 members (excludes halogenated alkanes) is 2. The number of nitrogens with one attached hydrogen (secondary N) is 1. The Labute approximate surface area is 194 Å². The number of carbonyl (C=O) groups excluding carboxylic acids is 2. The Hall–Kier alpha value is -3.25. The van der Waals surface area contributed by atoms with Crippen molar-refractivity contribution in [1.82, 2.24) is 10.2 Å². The maximum Gasteiger partial charge on any atom is 0.321 e. The van der Waals surface area contributed by atoms with E-state index in [1.54, 1.807) is 0 Å². The van der Waals surface area contributed by atoms with E-state index in [-0.39, 0.29) is 11.8 Å². The van der Waals surface area contributed by atoms with Crippen LogP contribution in [0.4, 0.5) is 0 Å². The molecule has 4 rings (SSSR count). The summed E-state index contributed by atoms with van der Waals surface area (Å²) in [6.07, 6.45) is 7.87. The Morgan fingerprint density at radius 1 is 0.939 bits per heavy atom. The van der Waals surface area contributed by atoms with Crippen LogP contribution in [0.1, 0.15) is 44.2 Å².